The number of nitrogens with zero attached hydrogens (tertiary/aromatic N) is 4. The smallest absolute Gasteiger partial charge is 0.240 e. The third kappa shape index (κ3) is 6.27. The average Bonchev–Trinajstić information content (AvgIpc) is 3.44. The second-order valence-corrected chi connectivity index (χ2v) is 11.6. The summed E-state index contributed by atoms with van der Waals surface area (Å²) in [7, 11) is 4.80. The van der Waals surface area contributed by atoms with E-state index in [0.29, 0.717) is 41.0 Å². The number of aromatic nitrogens is 3. The van der Waals surface area contributed by atoms with Gasteiger partial charge in [0.1, 0.15) is 18.1 Å². The maximum absolute atomic E-state index is 14.0. The Labute approximate surface area is 271 Å². The van der Waals surface area contributed by atoms with Crippen LogP contribution in [-0.2, 0) is 16.1 Å². The fourth-order valence-electron chi connectivity index (χ4n) is 5.41. The first kappa shape index (κ1) is 30.7. The first-order valence-electron chi connectivity index (χ1n) is 14.6. The molecule has 0 spiro atoms. The third-order valence-electron chi connectivity index (χ3n) is 7.70. The zero-order chi connectivity index (χ0) is 32.0. The van der Waals surface area contributed by atoms with E-state index < -0.39 is 0 Å². The quantitative estimate of drug-likeness (QED) is 0.216. The normalized spacial score (nSPS) is 14.3. The molecular weight excluding hydrogens is 602 g/mol. The molecule has 3 heterocycles. The van der Waals surface area contributed by atoms with Crippen LogP contribution in [0.4, 0.5) is 5.82 Å². The molecule has 6 rings (SSSR count). The minimum Gasteiger partial charge on any atom is -0.497 e. The summed E-state index contributed by atoms with van der Waals surface area (Å²) in [4.78, 5) is 33.1. The molecule has 1 atom stereocenters. The molecule has 0 saturated carbocycles. The van der Waals surface area contributed by atoms with Crippen molar-refractivity contribution in [3.8, 4) is 34.2 Å². The molecule has 46 heavy (non-hydrogen) atoms. The van der Waals surface area contributed by atoms with Crippen molar-refractivity contribution in [1.82, 2.24) is 20.1 Å². The summed E-state index contributed by atoms with van der Waals surface area (Å²) >= 11 is 1.49. The number of hydrogen-bond donors (Lipinski definition) is 1. The second kappa shape index (κ2) is 13.8. The number of amides is 2. The van der Waals surface area contributed by atoms with Crippen LogP contribution in [0.2, 0.25) is 0 Å². The molecule has 0 bridgehead atoms. The van der Waals surface area contributed by atoms with E-state index in [4.69, 9.17) is 19.3 Å². The van der Waals surface area contributed by atoms with Crippen LogP contribution in [0.1, 0.15) is 21.9 Å². The Hall–Kier alpha value is -5.29. The van der Waals surface area contributed by atoms with E-state index in [9.17, 15) is 9.59 Å². The number of benzene rings is 3. The van der Waals surface area contributed by atoms with Crippen molar-refractivity contribution in [2.45, 2.75) is 11.8 Å². The van der Waals surface area contributed by atoms with Crippen LogP contribution in [0.5, 0.6) is 17.2 Å². The lowest BCUT2D eigenvalue weighted by Gasteiger charge is -2.23. The van der Waals surface area contributed by atoms with Gasteiger partial charge < -0.3 is 19.5 Å². The summed E-state index contributed by atoms with van der Waals surface area (Å²) in [6.07, 6.45) is 3.35. The highest BCUT2D eigenvalue weighted by Gasteiger charge is 2.38. The molecule has 2 aromatic heterocycles. The van der Waals surface area contributed by atoms with Crippen molar-refractivity contribution in [1.29, 1.82) is 0 Å². The number of ether oxygens (including phenoxy) is 3. The van der Waals surface area contributed by atoms with Gasteiger partial charge in [-0.2, -0.15) is 5.10 Å². The number of fused-ring (bicyclic) bond motifs is 1. The number of thioether (sulfide) groups is 1. The lowest BCUT2D eigenvalue weighted by molar-refractivity contribution is -0.123. The molecule has 3 aromatic carbocycles. The number of nitrogens with one attached hydrogen (secondary N) is 1. The van der Waals surface area contributed by atoms with E-state index in [-0.39, 0.29) is 29.4 Å². The highest BCUT2D eigenvalue weighted by molar-refractivity contribution is 8.00. The third-order valence-corrected chi connectivity index (χ3v) is 8.96. The van der Waals surface area contributed by atoms with Gasteiger partial charge in [-0.25, -0.2) is 4.68 Å². The Morgan fingerprint density at radius 2 is 1.65 bits per heavy atom. The predicted molar refractivity (Wildman–Crippen MR) is 178 cm³/mol. The van der Waals surface area contributed by atoms with Crippen molar-refractivity contribution in [2.24, 2.45) is 0 Å². The van der Waals surface area contributed by atoms with Crippen LogP contribution in [0.15, 0.2) is 97.3 Å². The predicted octanol–water partition coefficient (Wildman–Crippen LogP) is 5.45. The summed E-state index contributed by atoms with van der Waals surface area (Å²) in [5.74, 6) is 2.03. The Morgan fingerprint density at radius 1 is 0.913 bits per heavy atom. The minimum atomic E-state index is -0.328. The number of anilines is 1. The van der Waals surface area contributed by atoms with Gasteiger partial charge in [0.2, 0.25) is 11.8 Å². The summed E-state index contributed by atoms with van der Waals surface area (Å²) in [6.45, 7) is 0.123. The molecule has 10 nitrogen and oxygen atoms in total. The van der Waals surface area contributed by atoms with Gasteiger partial charge in [-0.1, -0.05) is 36.4 Å². The Kier molecular flexibility index (Phi) is 9.20. The molecule has 5 aromatic rings. The van der Waals surface area contributed by atoms with Crippen molar-refractivity contribution in [3.63, 3.8) is 0 Å². The van der Waals surface area contributed by atoms with E-state index in [1.54, 1.807) is 43.3 Å². The van der Waals surface area contributed by atoms with Crippen LogP contribution < -0.4 is 24.4 Å². The molecule has 1 N–H and O–H groups in total. The van der Waals surface area contributed by atoms with E-state index in [2.05, 4.69) is 10.3 Å². The maximum Gasteiger partial charge on any atom is 0.240 e. The number of rotatable bonds is 10. The van der Waals surface area contributed by atoms with E-state index in [1.807, 2.05) is 84.9 Å². The SMILES string of the molecule is COc1ccc(-n2nc(-c3ccccc3)c3c2N(CC(=O)NCc2ccncc2)C(=O)CS[C@H]3c2ccc(OC)c(OC)c2)cc1. The molecule has 1 aliphatic heterocycles. The van der Waals surface area contributed by atoms with Gasteiger partial charge in [-0.3, -0.25) is 19.5 Å². The number of carbonyl (C=O) groups is 2. The lowest BCUT2D eigenvalue weighted by Crippen LogP contribution is -2.42. The largest absolute Gasteiger partial charge is 0.497 e. The highest BCUT2D eigenvalue weighted by Crippen LogP contribution is 2.49. The topological polar surface area (TPSA) is 108 Å². The van der Waals surface area contributed by atoms with Gasteiger partial charge in [0.15, 0.2) is 11.5 Å². The van der Waals surface area contributed by atoms with Gasteiger partial charge in [0, 0.05) is 30.1 Å². The Morgan fingerprint density at radius 3 is 2.35 bits per heavy atom. The maximum atomic E-state index is 14.0. The van der Waals surface area contributed by atoms with Gasteiger partial charge in [0.25, 0.3) is 0 Å². The van der Waals surface area contributed by atoms with E-state index >= 15 is 0 Å². The van der Waals surface area contributed by atoms with E-state index in [1.165, 1.54) is 11.8 Å². The molecule has 0 aliphatic carbocycles. The van der Waals surface area contributed by atoms with Gasteiger partial charge >= 0.3 is 0 Å². The number of hydrogen-bond acceptors (Lipinski definition) is 8. The van der Waals surface area contributed by atoms with Crippen LogP contribution in [-0.4, -0.2) is 60.2 Å². The summed E-state index contributed by atoms with van der Waals surface area (Å²) in [6, 6.07) is 26.8. The van der Waals surface area contributed by atoms with Crippen molar-refractivity contribution >= 4 is 29.4 Å². The van der Waals surface area contributed by atoms with Crippen LogP contribution in [0, 0.1) is 0 Å². The van der Waals surface area contributed by atoms with Crippen molar-refractivity contribution in [2.75, 3.05) is 38.5 Å². The fraction of sp³-hybridized carbons (Fsp3) is 0.200. The van der Waals surface area contributed by atoms with E-state index in [0.717, 1.165) is 22.3 Å². The number of methoxy groups -OCH3 is 3. The molecule has 0 radical (unpaired) electrons. The second-order valence-electron chi connectivity index (χ2n) is 10.5. The Balaban J connectivity index is 1.53. The summed E-state index contributed by atoms with van der Waals surface area (Å²) in [5, 5.41) is 7.77. The summed E-state index contributed by atoms with van der Waals surface area (Å²) in [5.41, 5.74) is 4.93. The van der Waals surface area contributed by atoms with Gasteiger partial charge in [-0.15, -0.1) is 11.8 Å². The molecule has 2 amide bonds. The molecule has 0 fully saturated rings. The lowest BCUT2D eigenvalue weighted by atomic mass is 9.99. The molecule has 0 saturated heterocycles. The average molecular weight is 636 g/mol. The fourth-order valence-corrected chi connectivity index (χ4v) is 6.60. The zero-order valence-corrected chi connectivity index (χ0v) is 26.5. The highest BCUT2D eigenvalue weighted by atomic mass is 32.2. The van der Waals surface area contributed by atoms with Gasteiger partial charge in [-0.05, 0) is 59.7 Å². The monoisotopic (exact) mass is 635 g/mol. The molecule has 11 heteroatoms. The standard InChI is InChI=1S/C35H33N5O5S/c1-43-27-12-10-26(11-13-27)40-35-32(33(38-40)24-7-5-4-6-8-24)34(25-9-14-28(44-2)29(19-25)45-3)46-22-31(42)39(35)21-30(41)37-20-23-15-17-36-18-16-23/h4-19,34H,20-22H2,1-3H3,(H,37,41)/t34-/m0/s1. The summed E-state index contributed by atoms with van der Waals surface area (Å²) < 4.78 is 18.3. The molecule has 234 valence electrons. The number of carbonyl (C=O) groups excluding carboxylic acids is 2. The van der Waals surface area contributed by atoms with Crippen LogP contribution >= 0.6 is 11.8 Å². The zero-order valence-electron chi connectivity index (χ0n) is 25.7. The molecule has 0 unspecified atom stereocenters. The van der Waals surface area contributed by atoms with Gasteiger partial charge in [0.05, 0.1) is 43.7 Å². The Bertz CT molecular complexity index is 1830. The number of pyridine rings is 1. The van der Waals surface area contributed by atoms with Crippen LogP contribution in [0.25, 0.3) is 16.9 Å². The van der Waals surface area contributed by atoms with Crippen molar-refractivity contribution < 1.29 is 23.8 Å². The minimum absolute atomic E-state index is 0.141. The molecular formula is C35H33N5O5S. The molecule has 1 aliphatic rings. The first-order valence-corrected chi connectivity index (χ1v) is 15.7. The first-order chi connectivity index (χ1) is 22.5. The van der Waals surface area contributed by atoms with Crippen molar-refractivity contribution in [3.05, 3.63) is 114 Å². The van der Waals surface area contributed by atoms with Crippen LogP contribution in [0.3, 0.4) is 0 Å².